The number of likely N-dealkylation sites (tertiary alicyclic amines) is 1. The Bertz CT molecular complexity index is 654. The van der Waals surface area contributed by atoms with Gasteiger partial charge in [-0.1, -0.05) is 26.0 Å². The zero-order valence-corrected chi connectivity index (χ0v) is 20.8. The van der Waals surface area contributed by atoms with Crippen molar-refractivity contribution < 1.29 is 4.79 Å². The first-order valence-electron chi connectivity index (χ1n) is 10.5. The smallest absolute Gasteiger partial charge is 0.224 e. The number of hydrogen-bond donors (Lipinski definition) is 3. The van der Waals surface area contributed by atoms with Crippen LogP contribution in [-0.4, -0.2) is 49.0 Å². The quantitative estimate of drug-likeness (QED) is 0.294. The van der Waals surface area contributed by atoms with Gasteiger partial charge in [-0.15, -0.1) is 24.0 Å². The Balaban J connectivity index is 0.00000420. The number of anilines is 1. The van der Waals surface area contributed by atoms with E-state index < -0.39 is 0 Å². The molecule has 1 aromatic carbocycles. The predicted molar refractivity (Wildman–Crippen MR) is 133 cm³/mol. The summed E-state index contributed by atoms with van der Waals surface area (Å²) < 4.78 is 0. The number of halogens is 1. The van der Waals surface area contributed by atoms with E-state index >= 15 is 0 Å². The third kappa shape index (κ3) is 9.33. The minimum Gasteiger partial charge on any atom is -0.354 e. The van der Waals surface area contributed by atoms with Crippen LogP contribution in [0.15, 0.2) is 29.3 Å². The number of nitrogens with one attached hydrogen (secondary N) is 3. The Labute approximate surface area is 193 Å². The Morgan fingerprint density at radius 2 is 1.90 bits per heavy atom. The molecule has 0 radical (unpaired) electrons. The normalized spacial score (nSPS) is 15.9. The SMILES string of the molecule is CN=C(NCc1cccc(NC(=O)CC(C)C)c1)NC1CCN(C(C)C)CC1.I. The molecule has 2 rings (SSSR count). The molecule has 0 aliphatic carbocycles. The predicted octanol–water partition coefficient (Wildman–Crippen LogP) is 3.83. The largest absolute Gasteiger partial charge is 0.354 e. The second kappa shape index (κ2) is 13.1. The number of carbonyl (C=O) groups excluding carboxylic acids is 1. The fraction of sp³-hybridized carbons (Fsp3) is 0.636. The van der Waals surface area contributed by atoms with Crippen LogP contribution in [0.3, 0.4) is 0 Å². The van der Waals surface area contributed by atoms with Gasteiger partial charge in [-0.05, 0) is 50.3 Å². The molecule has 0 unspecified atom stereocenters. The van der Waals surface area contributed by atoms with Gasteiger partial charge in [-0.25, -0.2) is 0 Å². The van der Waals surface area contributed by atoms with Crippen molar-refractivity contribution in [1.29, 1.82) is 0 Å². The lowest BCUT2D eigenvalue weighted by Crippen LogP contribution is -2.49. The van der Waals surface area contributed by atoms with Crippen LogP contribution in [0.5, 0.6) is 0 Å². The number of piperidine rings is 1. The van der Waals surface area contributed by atoms with E-state index in [1.165, 1.54) is 0 Å². The molecule has 0 bridgehead atoms. The Kier molecular flexibility index (Phi) is 11.6. The van der Waals surface area contributed by atoms with Gasteiger partial charge in [0.25, 0.3) is 0 Å². The molecule has 1 amide bonds. The van der Waals surface area contributed by atoms with Crippen LogP contribution in [0.25, 0.3) is 0 Å². The summed E-state index contributed by atoms with van der Waals surface area (Å²) >= 11 is 0. The minimum absolute atomic E-state index is 0. The fourth-order valence-corrected chi connectivity index (χ4v) is 3.48. The standard InChI is InChI=1S/C22H37N5O.HI/c1-16(2)13-21(28)25-20-8-6-7-18(14-20)15-24-22(23-5)26-19-9-11-27(12-10-19)17(3)4;/h6-8,14,16-17,19H,9-13,15H2,1-5H3,(H,25,28)(H2,23,24,26);1H. The van der Waals surface area contributed by atoms with Crippen LogP contribution in [-0.2, 0) is 11.3 Å². The maximum Gasteiger partial charge on any atom is 0.224 e. The van der Waals surface area contributed by atoms with Crippen molar-refractivity contribution in [3.8, 4) is 0 Å². The number of carbonyl (C=O) groups is 1. The number of nitrogens with zero attached hydrogens (tertiary/aromatic N) is 2. The molecule has 0 aromatic heterocycles. The van der Waals surface area contributed by atoms with Gasteiger partial charge in [-0.3, -0.25) is 9.79 Å². The Morgan fingerprint density at radius 3 is 2.48 bits per heavy atom. The van der Waals surface area contributed by atoms with Gasteiger partial charge >= 0.3 is 0 Å². The molecule has 0 atom stereocenters. The minimum atomic E-state index is 0. The highest BCUT2D eigenvalue weighted by molar-refractivity contribution is 14.0. The lowest BCUT2D eigenvalue weighted by atomic mass is 10.0. The van der Waals surface area contributed by atoms with E-state index in [0.29, 0.717) is 31.0 Å². The second-order valence-corrected chi connectivity index (χ2v) is 8.32. The summed E-state index contributed by atoms with van der Waals surface area (Å²) in [7, 11) is 1.81. The molecule has 3 N–H and O–H groups in total. The molecule has 1 heterocycles. The number of benzene rings is 1. The second-order valence-electron chi connectivity index (χ2n) is 8.32. The summed E-state index contributed by atoms with van der Waals surface area (Å²) in [5.41, 5.74) is 1.95. The van der Waals surface area contributed by atoms with Gasteiger partial charge in [0.15, 0.2) is 5.96 Å². The number of amides is 1. The zero-order chi connectivity index (χ0) is 20.5. The van der Waals surface area contributed by atoms with Crippen LogP contribution in [0.4, 0.5) is 5.69 Å². The summed E-state index contributed by atoms with van der Waals surface area (Å²) in [6.45, 7) is 11.5. The van der Waals surface area contributed by atoms with E-state index in [1.807, 2.05) is 32.0 Å². The summed E-state index contributed by atoms with van der Waals surface area (Å²) in [5.74, 6) is 1.24. The first-order valence-corrected chi connectivity index (χ1v) is 10.5. The highest BCUT2D eigenvalue weighted by Gasteiger charge is 2.21. The van der Waals surface area contributed by atoms with Crippen molar-refractivity contribution in [2.75, 3.05) is 25.5 Å². The topological polar surface area (TPSA) is 68.8 Å². The highest BCUT2D eigenvalue weighted by atomic mass is 127. The van der Waals surface area contributed by atoms with Gasteiger partial charge in [0, 0.05) is 50.9 Å². The molecule has 1 aliphatic rings. The maximum atomic E-state index is 12.0. The summed E-state index contributed by atoms with van der Waals surface area (Å²) in [5, 5.41) is 9.92. The third-order valence-electron chi connectivity index (χ3n) is 5.09. The Hall–Kier alpha value is -1.35. The zero-order valence-electron chi connectivity index (χ0n) is 18.5. The number of aliphatic imine (C=N–C) groups is 1. The molecule has 1 aliphatic heterocycles. The van der Waals surface area contributed by atoms with Crippen molar-refractivity contribution in [2.45, 2.75) is 65.6 Å². The van der Waals surface area contributed by atoms with Crippen molar-refractivity contribution in [2.24, 2.45) is 10.9 Å². The van der Waals surface area contributed by atoms with Crippen LogP contribution < -0.4 is 16.0 Å². The maximum absolute atomic E-state index is 12.0. The first-order chi connectivity index (χ1) is 13.4. The molecule has 7 heteroatoms. The molecule has 0 spiro atoms. The van der Waals surface area contributed by atoms with E-state index in [4.69, 9.17) is 0 Å². The fourth-order valence-electron chi connectivity index (χ4n) is 3.48. The van der Waals surface area contributed by atoms with Gasteiger partial charge in [-0.2, -0.15) is 0 Å². The summed E-state index contributed by atoms with van der Waals surface area (Å²) in [4.78, 5) is 18.9. The Morgan fingerprint density at radius 1 is 1.21 bits per heavy atom. The molecule has 1 saturated heterocycles. The van der Waals surface area contributed by atoms with Crippen molar-refractivity contribution >= 4 is 41.5 Å². The molecular weight excluding hydrogens is 477 g/mol. The molecule has 1 fully saturated rings. The van der Waals surface area contributed by atoms with Crippen molar-refractivity contribution in [3.63, 3.8) is 0 Å². The molecule has 164 valence electrons. The van der Waals surface area contributed by atoms with Crippen LogP contribution in [0, 0.1) is 5.92 Å². The third-order valence-corrected chi connectivity index (χ3v) is 5.09. The lowest BCUT2D eigenvalue weighted by Gasteiger charge is -2.35. The van der Waals surface area contributed by atoms with Gasteiger partial charge < -0.3 is 20.9 Å². The lowest BCUT2D eigenvalue weighted by molar-refractivity contribution is -0.116. The van der Waals surface area contributed by atoms with E-state index in [2.05, 4.69) is 45.8 Å². The van der Waals surface area contributed by atoms with E-state index in [-0.39, 0.29) is 29.9 Å². The molecule has 29 heavy (non-hydrogen) atoms. The van der Waals surface area contributed by atoms with Gasteiger partial charge in [0.2, 0.25) is 5.91 Å². The number of guanidine groups is 1. The average Bonchev–Trinajstić information content (AvgIpc) is 2.65. The number of hydrogen-bond acceptors (Lipinski definition) is 3. The van der Waals surface area contributed by atoms with E-state index in [1.54, 1.807) is 7.05 Å². The van der Waals surface area contributed by atoms with Crippen molar-refractivity contribution in [3.05, 3.63) is 29.8 Å². The molecule has 1 aromatic rings. The van der Waals surface area contributed by atoms with Crippen LogP contribution in [0.2, 0.25) is 0 Å². The highest BCUT2D eigenvalue weighted by Crippen LogP contribution is 2.14. The van der Waals surface area contributed by atoms with Gasteiger partial charge in [0.05, 0.1) is 0 Å². The van der Waals surface area contributed by atoms with E-state index in [0.717, 1.165) is 43.1 Å². The monoisotopic (exact) mass is 515 g/mol. The summed E-state index contributed by atoms with van der Waals surface area (Å²) in [6.07, 6.45) is 2.81. The number of rotatable bonds is 7. The first kappa shape index (κ1) is 25.7. The van der Waals surface area contributed by atoms with Gasteiger partial charge in [0.1, 0.15) is 0 Å². The molecule has 6 nitrogen and oxygen atoms in total. The van der Waals surface area contributed by atoms with E-state index in [9.17, 15) is 4.79 Å². The van der Waals surface area contributed by atoms with Crippen molar-refractivity contribution in [1.82, 2.24) is 15.5 Å². The van der Waals surface area contributed by atoms with Crippen LogP contribution >= 0.6 is 24.0 Å². The summed E-state index contributed by atoms with van der Waals surface area (Å²) in [6, 6.07) is 9.05. The molecule has 0 saturated carbocycles. The molecular formula is C22H38IN5O. The van der Waals surface area contributed by atoms with Crippen LogP contribution in [0.1, 0.15) is 52.5 Å². The average molecular weight is 515 g/mol.